The van der Waals surface area contributed by atoms with Crippen molar-refractivity contribution in [1.29, 1.82) is 0 Å². The van der Waals surface area contributed by atoms with Gasteiger partial charge in [0.25, 0.3) is 0 Å². The van der Waals surface area contributed by atoms with E-state index in [1.165, 1.54) is 11.1 Å². The number of thioether (sulfide) groups is 1. The van der Waals surface area contributed by atoms with Crippen molar-refractivity contribution in [1.82, 2.24) is 0 Å². The Morgan fingerprint density at radius 1 is 1.33 bits per heavy atom. The maximum Gasteiger partial charge on any atom is 0.338 e. The highest BCUT2D eigenvalue weighted by Crippen LogP contribution is 2.48. The van der Waals surface area contributed by atoms with Gasteiger partial charge in [0.05, 0.1) is 19.3 Å². The van der Waals surface area contributed by atoms with E-state index in [1.807, 2.05) is 18.7 Å². The minimum atomic E-state index is -0.301. The molecule has 0 unspecified atom stereocenters. The molecule has 0 saturated carbocycles. The van der Waals surface area contributed by atoms with E-state index >= 15 is 0 Å². The largest absolute Gasteiger partial charge is 0.497 e. The summed E-state index contributed by atoms with van der Waals surface area (Å²) in [7, 11) is 1.60. The minimum absolute atomic E-state index is 0.186. The minimum Gasteiger partial charge on any atom is -0.497 e. The predicted molar refractivity (Wildman–Crippen MR) is 95.6 cm³/mol. The molecule has 5 heteroatoms. The molecule has 0 N–H and O–H groups in total. The summed E-state index contributed by atoms with van der Waals surface area (Å²) in [6.45, 7) is 4.89. The molecule has 0 bridgehead atoms. The van der Waals surface area contributed by atoms with E-state index in [2.05, 4.69) is 6.92 Å². The lowest BCUT2D eigenvalue weighted by molar-refractivity contribution is 0.0353. The molecule has 4 nitrogen and oxygen atoms in total. The summed E-state index contributed by atoms with van der Waals surface area (Å²) in [6.07, 6.45) is 2.85. The molecule has 1 spiro atoms. The first-order chi connectivity index (χ1) is 11.6. The van der Waals surface area contributed by atoms with E-state index in [4.69, 9.17) is 14.2 Å². The zero-order valence-electron chi connectivity index (χ0n) is 14.5. The zero-order chi connectivity index (χ0) is 17.2. The first kappa shape index (κ1) is 17.4. The topological polar surface area (TPSA) is 44.8 Å². The Balaban J connectivity index is 1.73. The predicted octanol–water partition coefficient (Wildman–Crippen LogP) is 4.20. The van der Waals surface area contributed by atoms with Crippen molar-refractivity contribution in [2.45, 2.75) is 44.1 Å². The Morgan fingerprint density at radius 2 is 2.08 bits per heavy atom. The van der Waals surface area contributed by atoms with Gasteiger partial charge in [0.2, 0.25) is 0 Å². The van der Waals surface area contributed by atoms with Crippen LogP contribution in [0, 0.1) is 0 Å². The van der Waals surface area contributed by atoms with Crippen LogP contribution >= 0.6 is 11.8 Å². The first-order valence-electron chi connectivity index (χ1n) is 8.39. The van der Waals surface area contributed by atoms with Gasteiger partial charge in [0.1, 0.15) is 16.8 Å². The summed E-state index contributed by atoms with van der Waals surface area (Å²) in [5.74, 6) is 1.46. The molecule has 130 valence electrons. The lowest BCUT2D eigenvalue weighted by Crippen LogP contribution is -2.33. The third kappa shape index (κ3) is 3.33. The molecule has 1 aliphatic carbocycles. The summed E-state index contributed by atoms with van der Waals surface area (Å²) in [4.78, 5) is 12.2. The third-order valence-electron chi connectivity index (χ3n) is 4.86. The first-order valence-corrected chi connectivity index (χ1v) is 9.37. The molecule has 1 aromatic rings. The fraction of sp³-hybridized carbons (Fsp3) is 0.526. The lowest BCUT2D eigenvalue weighted by Gasteiger charge is -2.36. The monoisotopic (exact) mass is 348 g/mol. The van der Waals surface area contributed by atoms with Gasteiger partial charge >= 0.3 is 5.97 Å². The van der Waals surface area contributed by atoms with Crippen LogP contribution in [0.5, 0.6) is 5.75 Å². The number of benzene rings is 1. The maximum absolute atomic E-state index is 12.4. The van der Waals surface area contributed by atoms with E-state index in [9.17, 15) is 4.79 Å². The standard InChI is InChI=1S/C19H24O4S/c1-13-17(5-4-10-19(13)22-11-12-24-19)14(2)23-18(20)15-6-8-16(21-3)9-7-15/h6-9,14H,4-5,10-12H2,1-3H3/t14-,19-/m1/s1. The second kappa shape index (κ2) is 7.19. The van der Waals surface area contributed by atoms with E-state index in [0.717, 1.165) is 37.4 Å². The molecule has 1 aliphatic heterocycles. The van der Waals surface area contributed by atoms with Crippen molar-refractivity contribution in [3.8, 4) is 5.75 Å². The summed E-state index contributed by atoms with van der Waals surface area (Å²) in [5.41, 5.74) is 2.99. The van der Waals surface area contributed by atoms with E-state index < -0.39 is 0 Å². The van der Waals surface area contributed by atoms with Crippen molar-refractivity contribution in [3.63, 3.8) is 0 Å². The van der Waals surface area contributed by atoms with Crippen molar-refractivity contribution >= 4 is 17.7 Å². The molecule has 1 saturated heterocycles. The van der Waals surface area contributed by atoms with Gasteiger partial charge in [-0.15, -0.1) is 11.8 Å². The smallest absolute Gasteiger partial charge is 0.338 e. The number of methoxy groups -OCH3 is 1. The number of esters is 1. The molecule has 0 amide bonds. The highest BCUT2D eigenvalue weighted by Gasteiger charge is 2.42. The van der Waals surface area contributed by atoms with Gasteiger partial charge in [-0.1, -0.05) is 0 Å². The van der Waals surface area contributed by atoms with Crippen LogP contribution in [-0.2, 0) is 9.47 Å². The van der Waals surface area contributed by atoms with Crippen LogP contribution in [0.25, 0.3) is 0 Å². The summed E-state index contributed by atoms with van der Waals surface area (Å²) in [5, 5.41) is 0. The fourth-order valence-corrected chi connectivity index (χ4v) is 4.78. The fourth-order valence-electron chi connectivity index (χ4n) is 3.48. The summed E-state index contributed by atoms with van der Waals surface area (Å²) in [6, 6.07) is 7.00. The average Bonchev–Trinajstić information content (AvgIpc) is 3.07. The van der Waals surface area contributed by atoms with Crippen LogP contribution in [0.1, 0.15) is 43.5 Å². The van der Waals surface area contributed by atoms with Crippen molar-refractivity contribution in [2.24, 2.45) is 0 Å². The molecule has 1 fully saturated rings. The Hall–Kier alpha value is -1.46. The van der Waals surface area contributed by atoms with E-state index in [0.29, 0.717) is 5.56 Å². The molecule has 1 heterocycles. The average molecular weight is 348 g/mol. The number of carbonyl (C=O) groups is 1. The van der Waals surface area contributed by atoms with E-state index in [-0.39, 0.29) is 17.0 Å². The quantitative estimate of drug-likeness (QED) is 0.603. The molecule has 1 aromatic carbocycles. The third-order valence-corrected chi connectivity index (χ3v) is 6.32. The number of hydrogen-bond donors (Lipinski definition) is 0. The number of ether oxygens (including phenoxy) is 3. The van der Waals surface area contributed by atoms with Gasteiger partial charge in [-0.05, 0) is 68.5 Å². The molecule has 3 rings (SSSR count). The normalized spacial score (nSPS) is 25.0. The number of rotatable bonds is 4. The van der Waals surface area contributed by atoms with Gasteiger partial charge in [0.15, 0.2) is 0 Å². The van der Waals surface area contributed by atoms with Crippen LogP contribution < -0.4 is 4.74 Å². The van der Waals surface area contributed by atoms with Gasteiger partial charge in [0, 0.05) is 5.75 Å². The van der Waals surface area contributed by atoms with Crippen molar-refractivity contribution in [2.75, 3.05) is 19.5 Å². The summed E-state index contributed by atoms with van der Waals surface area (Å²) >= 11 is 1.88. The molecular weight excluding hydrogens is 324 g/mol. The number of carbonyl (C=O) groups excluding carboxylic acids is 1. The Kier molecular flexibility index (Phi) is 5.21. The molecule has 0 aromatic heterocycles. The van der Waals surface area contributed by atoms with E-state index in [1.54, 1.807) is 31.4 Å². The molecule has 24 heavy (non-hydrogen) atoms. The van der Waals surface area contributed by atoms with Crippen molar-refractivity contribution in [3.05, 3.63) is 41.0 Å². The molecule has 2 aliphatic rings. The Bertz CT molecular complexity index is 629. The van der Waals surface area contributed by atoms with Crippen molar-refractivity contribution < 1.29 is 19.0 Å². The molecule has 0 radical (unpaired) electrons. The van der Waals surface area contributed by atoms with Crippen LogP contribution in [0.2, 0.25) is 0 Å². The van der Waals surface area contributed by atoms with Gasteiger partial charge in [-0.2, -0.15) is 0 Å². The lowest BCUT2D eigenvalue weighted by atomic mass is 9.87. The Morgan fingerprint density at radius 3 is 2.71 bits per heavy atom. The second-order valence-corrected chi connectivity index (χ2v) is 7.59. The maximum atomic E-state index is 12.4. The van der Waals surface area contributed by atoms with Crippen LogP contribution in [0.3, 0.4) is 0 Å². The summed E-state index contributed by atoms with van der Waals surface area (Å²) < 4.78 is 16.9. The van der Waals surface area contributed by atoms with Crippen LogP contribution in [0.15, 0.2) is 35.4 Å². The molecule has 2 atom stereocenters. The second-order valence-electron chi connectivity index (χ2n) is 6.23. The van der Waals surface area contributed by atoms with Crippen LogP contribution in [-0.4, -0.2) is 36.5 Å². The van der Waals surface area contributed by atoms with Gasteiger partial charge in [-0.3, -0.25) is 0 Å². The highest BCUT2D eigenvalue weighted by molar-refractivity contribution is 8.00. The van der Waals surface area contributed by atoms with Gasteiger partial charge in [-0.25, -0.2) is 4.79 Å². The Labute approximate surface area is 147 Å². The molecular formula is C19H24O4S. The van der Waals surface area contributed by atoms with Crippen LogP contribution in [0.4, 0.5) is 0 Å². The number of hydrogen-bond acceptors (Lipinski definition) is 5. The highest BCUT2D eigenvalue weighted by atomic mass is 32.2. The van der Waals surface area contributed by atoms with Gasteiger partial charge < -0.3 is 14.2 Å². The SMILES string of the molecule is COc1ccc(C(=O)O[C@H](C)C2=C(C)[C@]3(CCC2)OCCS3)cc1. The zero-order valence-corrected chi connectivity index (χ0v) is 15.3.